The standard InChI is InChI=1S/C18H18O6S/c19-18(24-17-10-11-25(20,21)13-17)12-22-14-6-8-16(9-7-14)23-15-4-2-1-3-5-15/h1-9,17H,10-13H2. The molecule has 0 saturated carbocycles. The Morgan fingerprint density at radius 1 is 0.960 bits per heavy atom. The molecule has 1 heterocycles. The van der Waals surface area contributed by atoms with Crippen LogP contribution in [0.4, 0.5) is 0 Å². The van der Waals surface area contributed by atoms with E-state index >= 15 is 0 Å². The van der Waals surface area contributed by atoms with Crippen LogP contribution in [0.15, 0.2) is 54.6 Å². The Kier molecular flexibility index (Phi) is 5.23. The van der Waals surface area contributed by atoms with Gasteiger partial charge in [0, 0.05) is 0 Å². The molecule has 132 valence electrons. The molecule has 6 nitrogen and oxygen atoms in total. The molecule has 1 aliphatic rings. The van der Waals surface area contributed by atoms with E-state index < -0.39 is 21.9 Å². The fourth-order valence-electron chi connectivity index (χ4n) is 2.44. The summed E-state index contributed by atoms with van der Waals surface area (Å²) in [7, 11) is -3.07. The predicted octanol–water partition coefficient (Wildman–Crippen LogP) is 2.59. The van der Waals surface area contributed by atoms with E-state index in [1.54, 1.807) is 24.3 Å². The van der Waals surface area contributed by atoms with Gasteiger partial charge in [0.1, 0.15) is 23.4 Å². The van der Waals surface area contributed by atoms with Crippen LogP contribution in [0.2, 0.25) is 0 Å². The average Bonchev–Trinajstić information content (AvgIpc) is 2.94. The monoisotopic (exact) mass is 362 g/mol. The van der Waals surface area contributed by atoms with Gasteiger partial charge in [-0.1, -0.05) is 18.2 Å². The van der Waals surface area contributed by atoms with E-state index in [-0.39, 0.29) is 18.1 Å². The zero-order valence-electron chi connectivity index (χ0n) is 13.5. The Morgan fingerprint density at radius 2 is 1.60 bits per heavy atom. The van der Waals surface area contributed by atoms with E-state index in [0.29, 0.717) is 17.9 Å². The Bertz CT molecular complexity index is 814. The van der Waals surface area contributed by atoms with Crippen LogP contribution >= 0.6 is 0 Å². The number of esters is 1. The SMILES string of the molecule is O=C(COc1ccc(Oc2ccccc2)cc1)OC1CCS(=O)(=O)C1. The maximum atomic E-state index is 11.7. The molecule has 1 unspecified atom stereocenters. The van der Waals surface area contributed by atoms with Gasteiger partial charge in [0.2, 0.25) is 0 Å². The van der Waals surface area contributed by atoms with Gasteiger partial charge in [-0.25, -0.2) is 13.2 Å². The summed E-state index contributed by atoms with van der Waals surface area (Å²) in [6.07, 6.45) is -0.220. The summed E-state index contributed by atoms with van der Waals surface area (Å²) in [5.41, 5.74) is 0. The van der Waals surface area contributed by atoms with Crippen LogP contribution in [0, 0.1) is 0 Å². The van der Waals surface area contributed by atoms with E-state index in [1.165, 1.54) is 0 Å². The lowest BCUT2D eigenvalue weighted by atomic mass is 10.3. The van der Waals surface area contributed by atoms with Crippen molar-refractivity contribution in [3.8, 4) is 17.2 Å². The lowest BCUT2D eigenvalue weighted by Gasteiger charge is -2.11. The zero-order valence-corrected chi connectivity index (χ0v) is 14.3. The Labute approximate surface area is 146 Å². The van der Waals surface area contributed by atoms with E-state index in [9.17, 15) is 13.2 Å². The summed E-state index contributed by atoms with van der Waals surface area (Å²) in [5.74, 6) is 1.26. The maximum absolute atomic E-state index is 11.7. The quantitative estimate of drug-likeness (QED) is 0.735. The van der Waals surface area contributed by atoms with Crippen LogP contribution in [0.3, 0.4) is 0 Å². The van der Waals surface area contributed by atoms with Crippen LogP contribution < -0.4 is 9.47 Å². The molecule has 1 fully saturated rings. The van der Waals surface area contributed by atoms with Crippen molar-refractivity contribution in [2.24, 2.45) is 0 Å². The topological polar surface area (TPSA) is 78.9 Å². The molecule has 0 bridgehead atoms. The molecule has 0 amide bonds. The van der Waals surface area contributed by atoms with E-state index in [2.05, 4.69) is 0 Å². The molecule has 0 spiro atoms. The van der Waals surface area contributed by atoms with Crippen molar-refractivity contribution in [2.45, 2.75) is 12.5 Å². The van der Waals surface area contributed by atoms with Gasteiger partial charge >= 0.3 is 5.97 Å². The number of hydrogen-bond acceptors (Lipinski definition) is 6. The van der Waals surface area contributed by atoms with Gasteiger partial charge in [-0.3, -0.25) is 0 Å². The Morgan fingerprint density at radius 3 is 2.24 bits per heavy atom. The van der Waals surface area contributed by atoms with E-state index in [1.807, 2.05) is 30.3 Å². The minimum absolute atomic E-state index is 0.0642. The molecular weight excluding hydrogens is 344 g/mol. The van der Waals surface area contributed by atoms with Gasteiger partial charge in [-0.05, 0) is 42.8 Å². The third-order valence-electron chi connectivity index (χ3n) is 3.65. The number of carbonyl (C=O) groups is 1. The first kappa shape index (κ1) is 17.3. The van der Waals surface area contributed by atoms with Gasteiger partial charge in [0.05, 0.1) is 11.5 Å². The van der Waals surface area contributed by atoms with Crippen LogP contribution in [0.25, 0.3) is 0 Å². The third-order valence-corrected chi connectivity index (χ3v) is 5.39. The largest absolute Gasteiger partial charge is 0.482 e. The summed E-state index contributed by atoms with van der Waals surface area (Å²) in [4.78, 5) is 11.7. The van der Waals surface area contributed by atoms with Crippen molar-refractivity contribution in [1.82, 2.24) is 0 Å². The highest BCUT2D eigenvalue weighted by molar-refractivity contribution is 7.91. The van der Waals surface area contributed by atoms with Crippen LogP contribution in [-0.2, 0) is 19.4 Å². The molecule has 0 aliphatic carbocycles. The van der Waals surface area contributed by atoms with Gasteiger partial charge in [-0.2, -0.15) is 0 Å². The summed E-state index contributed by atoms with van der Waals surface area (Å²) >= 11 is 0. The number of para-hydroxylation sites is 1. The second-order valence-electron chi connectivity index (χ2n) is 5.69. The highest BCUT2D eigenvalue weighted by Gasteiger charge is 2.30. The second kappa shape index (κ2) is 7.57. The van der Waals surface area contributed by atoms with Gasteiger partial charge in [0.15, 0.2) is 16.4 Å². The first-order valence-corrected chi connectivity index (χ1v) is 9.68. The van der Waals surface area contributed by atoms with Crippen molar-refractivity contribution in [3.05, 3.63) is 54.6 Å². The Balaban J connectivity index is 1.46. The fraction of sp³-hybridized carbons (Fsp3) is 0.278. The normalized spacial score (nSPS) is 18.5. The molecular formula is C18H18O6S. The average molecular weight is 362 g/mol. The van der Waals surface area contributed by atoms with E-state index in [0.717, 1.165) is 5.75 Å². The molecule has 0 N–H and O–H groups in total. The van der Waals surface area contributed by atoms with Gasteiger partial charge in [-0.15, -0.1) is 0 Å². The number of ether oxygens (including phenoxy) is 3. The highest BCUT2D eigenvalue weighted by Crippen LogP contribution is 2.23. The minimum atomic E-state index is -3.07. The number of rotatable bonds is 6. The molecule has 7 heteroatoms. The summed E-state index contributed by atoms with van der Waals surface area (Å²) in [6.45, 7) is -0.268. The molecule has 25 heavy (non-hydrogen) atoms. The molecule has 0 radical (unpaired) electrons. The molecule has 2 aromatic carbocycles. The van der Waals surface area contributed by atoms with Crippen LogP contribution in [0.5, 0.6) is 17.2 Å². The lowest BCUT2D eigenvalue weighted by Crippen LogP contribution is -2.23. The smallest absolute Gasteiger partial charge is 0.344 e. The third kappa shape index (κ3) is 5.22. The molecule has 1 atom stereocenters. The molecule has 3 rings (SSSR count). The number of carbonyl (C=O) groups excluding carboxylic acids is 1. The number of benzene rings is 2. The number of sulfone groups is 1. The van der Waals surface area contributed by atoms with Gasteiger partial charge < -0.3 is 14.2 Å². The highest BCUT2D eigenvalue weighted by atomic mass is 32.2. The second-order valence-corrected chi connectivity index (χ2v) is 7.92. The van der Waals surface area contributed by atoms with Gasteiger partial charge in [0.25, 0.3) is 0 Å². The first-order chi connectivity index (χ1) is 12.0. The summed E-state index contributed by atoms with van der Waals surface area (Å²) < 4.78 is 38.8. The zero-order chi connectivity index (χ0) is 17.7. The first-order valence-electron chi connectivity index (χ1n) is 7.86. The molecule has 0 aromatic heterocycles. The summed E-state index contributed by atoms with van der Waals surface area (Å²) in [5, 5.41) is 0. The molecule has 1 saturated heterocycles. The van der Waals surface area contributed by atoms with Crippen molar-refractivity contribution >= 4 is 15.8 Å². The van der Waals surface area contributed by atoms with E-state index in [4.69, 9.17) is 14.2 Å². The van der Waals surface area contributed by atoms with Crippen molar-refractivity contribution in [2.75, 3.05) is 18.1 Å². The minimum Gasteiger partial charge on any atom is -0.482 e. The molecule has 1 aliphatic heterocycles. The fourth-order valence-corrected chi connectivity index (χ4v) is 4.03. The molecule has 2 aromatic rings. The maximum Gasteiger partial charge on any atom is 0.344 e. The van der Waals surface area contributed by atoms with Crippen molar-refractivity contribution < 1.29 is 27.4 Å². The predicted molar refractivity (Wildman–Crippen MR) is 91.6 cm³/mol. The summed E-state index contributed by atoms with van der Waals surface area (Å²) in [6, 6.07) is 16.2. The number of hydrogen-bond donors (Lipinski definition) is 0. The Hall–Kier alpha value is -2.54. The van der Waals surface area contributed by atoms with Crippen LogP contribution in [-0.4, -0.2) is 38.6 Å². The van der Waals surface area contributed by atoms with Crippen molar-refractivity contribution in [1.29, 1.82) is 0 Å². The lowest BCUT2D eigenvalue weighted by molar-refractivity contribution is -0.150. The van der Waals surface area contributed by atoms with Crippen molar-refractivity contribution in [3.63, 3.8) is 0 Å². The van der Waals surface area contributed by atoms with Crippen LogP contribution in [0.1, 0.15) is 6.42 Å².